The summed E-state index contributed by atoms with van der Waals surface area (Å²) < 4.78 is 1.40. The molecule has 0 aliphatic rings. The van der Waals surface area contributed by atoms with E-state index in [-0.39, 0.29) is 19.0 Å². The van der Waals surface area contributed by atoms with Crippen molar-refractivity contribution < 1.29 is 4.92 Å². The first-order chi connectivity index (χ1) is 5.72. The Morgan fingerprint density at radius 2 is 2.50 bits per heavy atom. The fourth-order valence-electron chi connectivity index (χ4n) is 0.693. The van der Waals surface area contributed by atoms with Gasteiger partial charge in [-0.1, -0.05) is 5.21 Å². The Kier molecular flexibility index (Phi) is 2.98. The van der Waals surface area contributed by atoms with Gasteiger partial charge in [-0.25, -0.2) is 4.68 Å². The molecule has 0 N–H and O–H groups in total. The molecule has 0 bridgehead atoms. The van der Waals surface area contributed by atoms with E-state index in [0.717, 1.165) is 0 Å². The van der Waals surface area contributed by atoms with Crippen LogP contribution in [0.5, 0.6) is 0 Å². The lowest BCUT2D eigenvalue weighted by Crippen LogP contribution is -2.10. The van der Waals surface area contributed by atoms with Crippen molar-refractivity contribution in [1.29, 1.82) is 0 Å². The molecule has 0 aliphatic heterocycles. The van der Waals surface area contributed by atoms with Crippen molar-refractivity contribution in [3.63, 3.8) is 0 Å². The summed E-state index contributed by atoms with van der Waals surface area (Å²) in [5, 5.41) is 17.3. The predicted molar refractivity (Wildman–Crippen MR) is 41.4 cm³/mol. The quantitative estimate of drug-likeness (QED) is 0.389. The van der Waals surface area contributed by atoms with Gasteiger partial charge < -0.3 is 0 Å². The van der Waals surface area contributed by atoms with Crippen molar-refractivity contribution in [2.45, 2.75) is 12.4 Å². The maximum Gasteiger partial charge on any atom is 0.223 e. The first kappa shape index (κ1) is 8.92. The average Bonchev–Trinajstić information content (AvgIpc) is 2.48. The highest BCUT2D eigenvalue weighted by atomic mass is 35.5. The third kappa shape index (κ3) is 2.46. The van der Waals surface area contributed by atoms with E-state index in [2.05, 4.69) is 10.3 Å². The van der Waals surface area contributed by atoms with Crippen molar-refractivity contribution in [1.82, 2.24) is 15.0 Å². The zero-order valence-corrected chi connectivity index (χ0v) is 6.94. The van der Waals surface area contributed by atoms with Crippen LogP contribution < -0.4 is 0 Å². The molecule has 0 spiro atoms. The van der Waals surface area contributed by atoms with Gasteiger partial charge in [0.1, 0.15) is 6.54 Å². The van der Waals surface area contributed by atoms with Crippen LogP contribution in [0.2, 0.25) is 0 Å². The number of nitro groups is 1. The van der Waals surface area contributed by atoms with Crippen molar-refractivity contribution in [2.24, 2.45) is 0 Å². The smallest absolute Gasteiger partial charge is 0.223 e. The van der Waals surface area contributed by atoms with Crippen LogP contribution in [0.1, 0.15) is 5.69 Å². The first-order valence-corrected chi connectivity index (χ1v) is 3.82. The number of halogens is 1. The minimum absolute atomic E-state index is 0.148. The molecule has 0 amide bonds. The minimum Gasteiger partial charge on any atom is -0.264 e. The van der Waals surface area contributed by atoms with Crippen LogP contribution >= 0.6 is 11.6 Å². The zero-order valence-electron chi connectivity index (χ0n) is 6.18. The molecule has 0 aliphatic carbocycles. The van der Waals surface area contributed by atoms with Gasteiger partial charge in [0.2, 0.25) is 6.54 Å². The summed E-state index contributed by atoms with van der Waals surface area (Å²) in [6.45, 7) is 0.0853. The van der Waals surface area contributed by atoms with E-state index in [1.54, 1.807) is 6.20 Å². The molecule has 0 saturated heterocycles. The fraction of sp³-hybridized carbons (Fsp3) is 0.600. The highest BCUT2D eigenvalue weighted by Gasteiger charge is 2.01. The molecule has 1 aromatic rings. The van der Waals surface area contributed by atoms with Crippen molar-refractivity contribution >= 4 is 11.6 Å². The lowest BCUT2D eigenvalue weighted by atomic mass is 10.5. The predicted octanol–water partition coefficient (Wildman–Crippen LogP) is 0.294. The second-order valence-corrected chi connectivity index (χ2v) is 2.43. The van der Waals surface area contributed by atoms with Crippen molar-refractivity contribution in [2.75, 3.05) is 6.54 Å². The van der Waals surface area contributed by atoms with Gasteiger partial charge >= 0.3 is 0 Å². The van der Waals surface area contributed by atoms with Gasteiger partial charge in [0, 0.05) is 11.1 Å². The second-order valence-electron chi connectivity index (χ2n) is 2.16. The molecule has 66 valence electrons. The summed E-state index contributed by atoms with van der Waals surface area (Å²) in [5.74, 6) is 0.276. The highest BCUT2D eigenvalue weighted by molar-refractivity contribution is 6.16. The number of alkyl halides is 1. The summed E-state index contributed by atoms with van der Waals surface area (Å²) in [6.07, 6.45) is 1.59. The molecule has 0 unspecified atom stereocenters. The SMILES string of the molecule is O=[N+]([O-])CCn1cc(CCl)nn1. The van der Waals surface area contributed by atoms with E-state index in [9.17, 15) is 10.1 Å². The Hall–Kier alpha value is -1.17. The normalized spacial score (nSPS) is 10.1. The van der Waals surface area contributed by atoms with E-state index in [0.29, 0.717) is 5.69 Å². The molecule has 0 radical (unpaired) electrons. The Labute approximate surface area is 73.3 Å². The number of hydrogen-bond acceptors (Lipinski definition) is 4. The number of nitrogens with zero attached hydrogens (tertiary/aromatic N) is 4. The second kappa shape index (κ2) is 4.01. The summed E-state index contributed by atoms with van der Waals surface area (Å²) in [5.41, 5.74) is 0.625. The standard InChI is InChI=1S/C5H7ClN4O2/c6-3-5-4-9(8-7-5)1-2-10(11)12/h4H,1-3H2. The topological polar surface area (TPSA) is 73.8 Å². The molecule has 0 fully saturated rings. The molecular formula is C5H7ClN4O2. The molecule has 0 atom stereocenters. The largest absolute Gasteiger partial charge is 0.264 e. The third-order valence-electron chi connectivity index (χ3n) is 1.23. The van der Waals surface area contributed by atoms with Crippen molar-refractivity contribution in [3.8, 4) is 0 Å². The van der Waals surface area contributed by atoms with Gasteiger partial charge in [-0.2, -0.15) is 0 Å². The third-order valence-corrected chi connectivity index (χ3v) is 1.51. The summed E-state index contributed by atoms with van der Waals surface area (Å²) in [7, 11) is 0. The van der Waals surface area contributed by atoms with E-state index in [1.807, 2.05) is 0 Å². The Morgan fingerprint density at radius 1 is 1.75 bits per heavy atom. The average molecular weight is 191 g/mol. The van der Waals surface area contributed by atoms with E-state index < -0.39 is 4.92 Å². The van der Waals surface area contributed by atoms with Crippen LogP contribution in [0.4, 0.5) is 0 Å². The zero-order chi connectivity index (χ0) is 8.97. The molecule has 1 heterocycles. The van der Waals surface area contributed by atoms with E-state index in [1.165, 1.54) is 4.68 Å². The Bertz CT molecular complexity index is 274. The van der Waals surface area contributed by atoms with Crippen LogP contribution in [0.25, 0.3) is 0 Å². The molecule has 0 aromatic carbocycles. The lowest BCUT2D eigenvalue weighted by Gasteiger charge is -1.92. The molecule has 6 nitrogen and oxygen atoms in total. The van der Waals surface area contributed by atoms with E-state index >= 15 is 0 Å². The summed E-state index contributed by atoms with van der Waals surface area (Å²) >= 11 is 5.45. The van der Waals surface area contributed by atoms with Gasteiger partial charge in [0.05, 0.1) is 11.6 Å². The Balaban J connectivity index is 2.47. The molecule has 1 aromatic heterocycles. The van der Waals surface area contributed by atoms with E-state index in [4.69, 9.17) is 11.6 Å². The molecule has 0 saturated carbocycles. The van der Waals surface area contributed by atoms with Gasteiger partial charge in [0.25, 0.3) is 0 Å². The minimum atomic E-state index is -0.401. The van der Waals surface area contributed by atoms with Crippen LogP contribution in [-0.2, 0) is 12.4 Å². The number of hydrogen-bond donors (Lipinski definition) is 0. The monoisotopic (exact) mass is 190 g/mol. The molecular weight excluding hydrogens is 184 g/mol. The first-order valence-electron chi connectivity index (χ1n) is 3.29. The van der Waals surface area contributed by atoms with Crippen molar-refractivity contribution in [3.05, 3.63) is 22.0 Å². The maximum atomic E-state index is 9.97. The highest BCUT2D eigenvalue weighted by Crippen LogP contribution is 1.96. The number of aromatic nitrogens is 3. The van der Waals surface area contributed by atoms with Gasteiger partial charge in [-0.15, -0.1) is 16.7 Å². The molecule has 12 heavy (non-hydrogen) atoms. The fourth-order valence-corrected chi connectivity index (χ4v) is 0.816. The van der Waals surface area contributed by atoms with Crippen LogP contribution in [0.3, 0.4) is 0 Å². The van der Waals surface area contributed by atoms with Crippen LogP contribution in [-0.4, -0.2) is 26.5 Å². The lowest BCUT2D eigenvalue weighted by molar-refractivity contribution is -0.481. The van der Waals surface area contributed by atoms with Crippen LogP contribution in [0, 0.1) is 10.1 Å². The van der Waals surface area contributed by atoms with Crippen LogP contribution in [0.15, 0.2) is 6.20 Å². The maximum absolute atomic E-state index is 9.97. The van der Waals surface area contributed by atoms with Gasteiger partial charge in [0.15, 0.2) is 0 Å². The molecule has 7 heteroatoms. The summed E-state index contributed by atoms with van der Waals surface area (Å²) in [6, 6.07) is 0. The van der Waals surface area contributed by atoms with Gasteiger partial charge in [-0.05, 0) is 0 Å². The van der Waals surface area contributed by atoms with Gasteiger partial charge in [-0.3, -0.25) is 10.1 Å². The molecule has 1 rings (SSSR count). The Morgan fingerprint density at radius 3 is 3.00 bits per heavy atom. The number of rotatable bonds is 4. The summed E-state index contributed by atoms with van der Waals surface area (Å²) in [4.78, 5) is 9.57.